The van der Waals surface area contributed by atoms with Crippen LogP contribution in [0.4, 0.5) is 6.01 Å². The summed E-state index contributed by atoms with van der Waals surface area (Å²) < 4.78 is 5.51. The first-order valence-electron chi connectivity index (χ1n) is 6.14. The van der Waals surface area contributed by atoms with Crippen LogP contribution >= 0.6 is 0 Å². The third kappa shape index (κ3) is 2.47. The minimum absolute atomic E-state index is 0.195. The third-order valence-electron chi connectivity index (χ3n) is 2.92. The first-order chi connectivity index (χ1) is 9.72. The second kappa shape index (κ2) is 5.05. The summed E-state index contributed by atoms with van der Waals surface area (Å²) in [4.78, 5) is 15.1. The Bertz CT molecular complexity index is 750. The van der Waals surface area contributed by atoms with Crippen molar-refractivity contribution in [3.8, 4) is 0 Å². The number of hydrogen-bond acceptors (Lipinski definition) is 4. The molecule has 2 N–H and O–H groups in total. The Balaban J connectivity index is 1.80. The zero-order valence-electron chi connectivity index (χ0n) is 10.5. The highest BCUT2D eigenvalue weighted by Crippen LogP contribution is 2.20. The summed E-state index contributed by atoms with van der Waals surface area (Å²) in [6.07, 6.45) is 0. The van der Waals surface area contributed by atoms with E-state index in [4.69, 9.17) is 9.52 Å². The number of carboxylic acid groups (broad SMARTS) is 1. The molecule has 0 amide bonds. The van der Waals surface area contributed by atoms with Crippen LogP contribution in [0.2, 0.25) is 0 Å². The highest BCUT2D eigenvalue weighted by Gasteiger charge is 2.09. The average Bonchev–Trinajstić information content (AvgIpc) is 2.88. The summed E-state index contributed by atoms with van der Waals surface area (Å²) in [5.74, 6) is -0.978. The maximum atomic E-state index is 10.9. The number of carbonyl (C=O) groups is 1. The average molecular weight is 268 g/mol. The topological polar surface area (TPSA) is 75.4 Å². The maximum absolute atomic E-state index is 10.9. The van der Waals surface area contributed by atoms with Gasteiger partial charge in [0.05, 0.1) is 5.56 Å². The number of carboxylic acids is 1. The third-order valence-corrected chi connectivity index (χ3v) is 2.92. The van der Waals surface area contributed by atoms with Gasteiger partial charge in [-0.1, -0.05) is 30.3 Å². The van der Waals surface area contributed by atoms with Crippen LogP contribution in [0.25, 0.3) is 11.1 Å². The van der Waals surface area contributed by atoms with Gasteiger partial charge in [0.2, 0.25) is 0 Å². The SMILES string of the molecule is O=C(O)c1ccc2oc(NCc3ccccc3)nc2c1. The van der Waals surface area contributed by atoms with E-state index in [1.807, 2.05) is 30.3 Å². The number of nitrogens with one attached hydrogen (secondary N) is 1. The minimum Gasteiger partial charge on any atom is -0.478 e. The minimum atomic E-state index is -0.978. The number of hydrogen-bond donors (Lipinski definition) is 2. The van der Waals surface area contributed by atoms with E-state index in [0.717, 1.165) is 5.56 Å². The zero-order chi connectivity index (χ0) is 13.9. The Labute approximate surface area is 114 Å². The molecule has 100 valence electrons. The Morgan fingerprint density at radius 3 is 2.75 bits per heavy atom. The smallest absolute Gasteiger partial charge is 0.335 e. The lowest BCUT2D eigenvalue weighted by Gasteiger charge is -2.00. The lowest BCUT2D eigenvalue weighted by Crippen LogP contribution is -1.98. The monoisotopic (exact) mass is 268 g/mol. The molecule has 0 radical (unpaired) electrons. The molecule has 0 spiro atoms. The maximum Gasteiger partial charge on any atom is 0.335 e. The molecule has 3 rings (SSSR count). The lowest BCUT2D eigenvalue weighted by molar-refractivity contribution is 0.0697. The molecule has 0 aliphatic rings. The largest absolute Gasteiger partial charge is 0.478 e. The summed E-state index contributed by atoms with van der Waals surface area (Å²) in [6.45, 7) is 0.597. The Morgan fingerprint density at radius 1 is 1.20 bits per heavy atom. The second-order valence-corrected chi connectivity index (χ2v) is 4.35. The molecule has 0 aliphatic carbocycles. The zero-order valence-corrected chi connectivity index (χ0v) is 10.5. The van der Waals surface area contributed by atoms with Crippen molar-refractivity contribution < 1.29 is 14.3 Å². The van der Waals surface area contributed by atoms with E-state index < -0.39 is 5.97 Å². The predicted molar refractivity (Wildman–Crippen MR) is 74.7 cm³/mol. The standard InChI is InChI=1S/C15H12N2O3/c18-14(19)11-6-7-13-12(8-11)17-15(20-13)16-9-10-4-2-1-3-5-10/h1-8H,9H2,(H,16,17)(H,18,19). The van der Waals surface area contributed by atoms with Gasteiger partial charge in [0, 0.05) is 6.54 Å². The van der Waals surface area contributed by atoms with E-state index in [2.05, 4.69) is 10.3 Å². The number of anilines is 1. The van der Waals surface area contributed by atoms with Crippen molar-refractivity contribution >= 4 is 23.1 Å². The number of aromatic nitrogens is 1. The fourth-order valence-electron chi connectivity index (χ4n) is 1.91. The van der Waals surface area contributed by atoms with E-state index in [-0.39, 0.29) is 5.56 Å². The van der Waals surface area contributed by atoms with Gasteiger partial charge in [-0.05, 0) is 23.8 Å². The van der Waals surface area contributed by atoms with E-state index >= 15 is 0 Å². The van der Waals surface area contributed by atoms with Gasteiger partial charge >= 0.3 is 5.97 Å². The fourth-order valence-corrected chi connectivity index (χ4v) is 1.91. The Morgan fingerprint density at radius 2 is 2.00 bits per heavy atom. The van der Waals surface area contributed by atoms with Crippen LogP contribution in [0, 0.1) is 0 Å². The van der Waals surface area contributed by atoms with Gasteiger partial charge in [0.15, 0.2) is 5.58 Å². The quantitative estimate of drug-likeness (QED) is 0.760. The molecule has 3 aromatic rings. The molecular weight excluding hydrogens is 256 g/mol. The van der Waals surface area contributed by atoms with E-state index in [1.165, 1.54) is 12.1 Å². The van der Waals surface area contributed by atoms with E-state index in [9.17, 15) is 4.79 Å². The molecule has 5 heteroatoms. The van der Waals surface area contributed by atoms with Crippen LogP contribution < -0.4 is 5.32 Å². The van der Waals surface area contributed by atoms with E-state index in [0.29, 0.717) is 23.7 Å². The molecule has 0 unspecified atom stereocenters. The Hall–Kier alpha value is -2.82. The first kappa shape index (κ1) is 12.2. The molecule has 2 aromatic carbocycles. The number of fused-ring (bicyclic) bond motifs is 1. The van der Waals surface area contributed by atoms with Crippen molar-refractivity contribution in [1.29, 1.82) is 0 Å². The summed E-state index contributed by atoms with van der Waals surface area (Å²) in [7, 11) is 0. The molecule has 0 saturated carbocycles. The van der Waals surface area contributed by atoms with Crippen molar-refractivity contribution in [3.05, 3.63) is 59.7 Å². The van der Waals surface area contributed by atoms with Gasteiger partial charge in [0.1, 0.15) is 5.52 Å². The van der Waals surface area contributed by atoms with Gasteiger partial charge in [-0.3, -0.25) is 0 Å². The van der Waals surface area contributed by atoms with Crippen LogP contribution in [-0.4, -0.2) is 16.1 Å². The molecule has 20 heavy (non-hydrogen) atoms. The number of aromatic carboxylic acids is 1. The van der Waals surface area contributed by atoms with Crippen LogP contribution in [-0.2, 0) is 6.54 Å². The molecular formula is C15H12N2O3. The summed E-state index contributed by atoms with van der Waals surface area (Å²) >= 11 is 0. The van der Waals surface area contributed by atoms with Crippen molar-refractivity contribution in [1.82, 2.24) is 4.98 Å². The molecule has 0 aliphatic heterocycles. The molecule has 5 nitrogen and oxygen atoms in total. The fraction of sp³-hybridized carbons (Fsp3) is 0.0667. The van der Waals surface area contributed by atoms with Gasteiger partial charge in [0.25, 0.3) is 6.01 Å². The molecule has 1 heterocycles. The summed E-state index contributed by atoms with van der Waals surface area (Å²) in [5, 5.41) is 12.0. The number of nitrogens with zero attached hydrogens (tertiary/aromatic N) is 1. The molecule has 0 fully saturated rings. The van der Waals surface area contributed by atoms with Crippen LogP contribution in [0.15, 0.2) is 52.9 Å². The summed E-state index contributed by atoms with van der Waals surface area (Å²) in [6, 6.07) is 14.9. The van der Waals surface area contributed by atoms with Crippen molar-refractivity contribution in [2.24, 2.45) is 0 Å². The molecule has 0 bridgehead atoms. The van der Waals surface area contributed by atoms with E-state index in [1.54, 1.807) is 6.07 Å². The highest BCUT2D eigenvalue weighted by atomic mass is 16.4. The first-order valence-corrected chi connectivity index (χ1v) is 6.14. The van der Waals surface area contributed by atoms with Gasteiger partial charge < -0.3 is 14.8 Å². The second-order valence-electron chi connectivity index (χ2n) is 4.35. The van der Waals surface area contributed by atoms with Crippen LogP contribution in [0.3, 0.4) is 0 Å². The van der Waals surface area contributed by atoms with Gasteiger partial charge in [-0.2, -0.15) is 4.98 Å². The van der Waals surface area contributed by atoms with Crippen LogP contribution in [0.1, 0.15) is 15.9 Å². The number of rotatable bonds is 4. The highest BCUT2D eigenvalue weighted by molar-refractivity contribution is 5.92. The summed E-state index contributed by atoms with van der Waals surface area (Å²) in [5.41, 5.74) is 2.40. The number of benzene rings is 2. The van der Waals surface area contributed by atoms with Gasteiger partial charge in [-0.15, -0.1) is 0 Å². The molecule has 1 aromatic heterocycles. The normalized spacial score (nSPS) is 10.6. The van der Waals surface area contributed by atoms with Crippen molar-refractivity contribution in [3.63, 3.8) is 0 Å². The predicted octanol–water partition coefficient (Wildman–Crippen LogP) is 3.14. The lowest BCUT2D eigenvalue weighted by atomic mass is 10.2. The van der Waals surface area contributed by atoms with Crippen molar-refractivity contribution in [2.75, 3.05) is 5.32 Å². The van der Waals surface area contributed by atoms with Crippen LogP contribution in [0.5, 0.6) is 0 Å². The number of oxazole rings is 1. The molecule has 0 atom stereocenters. The molecule has 0 saturated heterocycles. The van der Waals surface area contributed by atoms with Crippen molar-refractivity contribution in [2.45, 2.75) is 6.54 Å². The Kier molecular flexibility index (Phi) is 3.09. The van der Waals surface area contributed by atoms with Gasteiger partial charge in [-0.25, -0.2) is 4.79 Å².